The van der Waals surface area contributed by atoms with Crippen LogP contribution in [0.2, 0.25) is 0 Å². The maximum atomic E-state index is 11.3. The Bertz CT molecular complexity index is 504. The molecule has 0 spiro atoms. The van der Waals surface area contributed by atoms with Crippen LogP contribution in [-0.4, -0.2) is 17.6 Å². The molecule has 0 aliphatic rings. The summed E-state index contributed by atoms with van der Waals surface area (Å²) in [5, 5.41) is 0.985. The van der Waals surface area contributed by atoms with Gasteiger partial charge in [-0.15, -0.1) is 11.6 Å². The number of ether oxygens (including phenoxy) is 1. The van der Waals surface area contributed by atoms with Crippen molar-refractivity contribution >= 4 is 28.5 Å². The maximum absolute atomic E-state index is 11.3. The van der Waals surface area contributed by atoms with Gasteiger partial charge in [0.1, 0.15) is 0 Å². The average Bonchev–Trinajstić information content (AvgIpc) is 2.69. The minimum absolute atomic E-state index is 0.324. The Morgan fingerprint density at radius 1 is 1.47 bits per heavy atom. The normalized spacial score (nSPS) is 10.5. The number of alkyl halides is 1. The van der Waals surface area contributed by atoms with Crippen molar-refractivity contribution in [1.29, 1.82) is 0 Å². The van der Waals surface area contributed by atoms with Gasteiger partial charge in [0.2, 0.25) is 0 Å². The van der Waals surface area contributed by atoms with E-state index in [9.17, 15) is 4.79 Å². The largest absolute Gasteiger partial charge is 0.465 e. The summed E-state index contributed by atoms with van der Waals surface area (Å²) in [5.74, 6) is -0.324. The molecular formula is C11H10ClNO2. The molecule has 0 radical (unpaired) electrons. The molecule has 0 amide bonds. The van der Waals surface area contributed by atoms with Crippen LogP contribution in [-0.2, 0) is 10.7 Å². The first-order valence-corrected chi connectivity index (χ1v) is 5.03. The number of nitrogens with zero attached hydrogens (tertiary/aromatic N) is 1. The van der Waals surface area contributed by atoms with Gasteiger partial charge in [-0.3, -0.25) is 0 Å². The van der Waals surface area contributed by atoms with Gasteiger partial charge < -0.3 is 9.30 Å². The number of hydrogen-bond donors (Lipinski definition) is 0. The van der Waals surface area contributed by atoms with Crippen molar-refractivity contribution in [3.05, 3.63) is 36.0 Å². The molecule has 0 N–H and O–H groups in total. The van der Waals surface area contributed by atoms with Crippen LogP contribution in [0.3, 0.4) is 0 Å². The highest BCUT2D eigenvalue weighted by molar-refractivity contribution is 6.16. The third-order valence-corrected chi connectivity index (χ3v) is 2.58. The molecule has 0 fully saturated rings. The molecule has 0 aliphatic carbocycles. The zero-order valence-electron chi connectivity index (χ0n) is 8.24. The van der Waals surface area contributed by atoms with Gasteiger partial charge in [-0.2, -0.15) is 0 Å². The third-order valence-electron chi connectivity index (χ3n) is 2.32. The fraction of sp³-hybridized carbons (Fsp3) is 0.182. The van der Waals surface area contributed by atoms with Crippen LogP contribution in [0.25, 0.3) is 10.9 Å². The Morgan fingerprint density at radius 3 is 2.93 bits per heavy atom. The van der Waals surface area contributed by atoms with Crippen LogP contribution in [0, 0.1) is 0 Å². The summed E-state index contributed by atoms with van der Waals surface area (Å²) >= 11 is 5.75. The lowest BCUT2D eigenvalue weighted by molar-refractivity contribution is 0.0601. The number of rotatable bonds is 2. The zero-order valence-corrected chi connectivity index (χ0v) is 8.99. The predicted octanol–water partition coefficient (Wildman–Crippen LogP) is 2.62. The average molecular weight is 224 g/mol. The number of carbonyl (C=O) groups excluding carboxylic acids is 1. The van der Waals surface area contributed by atoms with Crippen LogP contribution in [0.4, 0.5) is 0 Å². The van der Waals surface area contributed by atoms with Gasteiger partial charge in [-0.25, -0.2) is 4.79 Å². The van der Waals surface area contributed by atoms with E-state index in [2.05, 4.69) is 4.74 Å². The molecule has 0 saturated heterocycles. The number of hydrogen-bond acceptors (Lipinski definition) is 2. The Morgan fingerprint density at radius 2 is 2.27 bits per heavy atom. The number of carbonyl (C=O) groups is 1. The molecule has 2 aromatic rings. The van der Waals surface area contributed by atoms with Gasteiger partial charge in [0.05, 0.1) is 18.7 Å². The summed E-state index contributed by atoms with van der Waals surface area (Å²) in [6.45, 7) is 0. The molecule has 1 aromatic heterocycles. The highest BCUT2D eigenvalue weighted by atomic mass is 35.5. The van der Waals surface area contributed by atoms with Crippen molar-refractivity contribution < 1.29 is 9.53 Å². The Balaban J connectivity index is 2.53. The summed E-state index contributed by atoms with van der Waals surface area (Å²) in [6.07, 6.45) is 1.89. The van der Waals surface area contributed by atoms with E-state index in [1.54, 1.807) is 12.1 Å². The molecule has 15 heavy (non-hydrogen) atoms. The van der Waals surface area contributed by atoms with Gasteiger partial charge in [0.15, 0.2) is 0 Å². The third kappa shape index (κ3) is 1.70. The first-order valence-electron chi connectivity index (χ1n) is 4.49. The first kappa shape index (κ1) is 10.1. The summed E-state index contributed by atoms with van der Waals surface area (Å²) < 4.78 is 6.55. The van der Waals surface area contributed by atoms with E-state index in [0.29, 0.717) is 11.6 Å². The maximum Gasteiger partial charge on any atom is 0.337 e. The van der Waals surface area contributed by atoms with Crippen molar-refractivity contribution in [3.8, 4) is 0 Å². The molecule has 0 aliphatic heterocycles. The topological polar surface area (TPSA) is 31.2 Å². The minimum atomic E-state index is -0.324. The van der Waals surface area contributed by atoms with Gasteiger partial charge in [-0.1, -0.05) is 0 Å². The van der Waals surface area contributed by atoms with E-state index in [4.69, 9.17) is 11.6 Å². The molecule has 0 atom stereocenters. The van der Waals surface area contributed by atoms with Crippen molar-refractivity contribution in [3.63, 3.8) is 0 Å². The zero-order chi connectivity index (χ0) is 10.8. The Kier molecular flexibility index (Phi) is 2.64. The van der Waals surface area contributed by atoms with E-state index in [1.807, 2.05) is 22.9 Å². The lowest BCUT2D eigenvalue weighted by Gasteiger charge is -2.01. The number of esters is 1. The summed E-state index contributed by atoms with van der Waals surface area (Å²) in [5.41, 5.74) is 1.56. The number of methoxy groups -OCH3 is 1. The van der Waals surface area contributed by atoms with E-state index in [1.165, 1.54) is 7.11 Å². The minimum Gasteiger partial charge on any atom is -0.465 e. The number of aromatic nitrogens is 1. The van der Waals surface area contributed by atoms with Crippen molar-refractivity contribution in [2.24, 2.45) is 0 Å². The molecular weight excluding hydrogens is 214 g/mol. The lowest BCUT2D eigenvalue weighted by atomic mass is 10.1. The lowest BCUT2D eigenvalue weighted by Crippen LogP contribution is -2.00. The molecule has 2 rings (SSSR count). The molecule has 78 valence electrons. The number of halogens is 1. The highest BCUT2D eigenvalue weighted by Crippen LogP contribution is 2.18. The molecule has 1 heterocycles. The standard InChI is InChI=1S/C11H10ClNO2/c1-15-11(14)9-2-3-10-8(6-9)4-5-13(10)7-12/h2-6H,7H2,1H3. The van der Waals surface area contributed by atoms with Gasteiger partial charge >= 0.3 is 5.97 Å². The quantitative estimate of drug-likeness (QED) is 0.579. The van der Waals surface area contributed by atoms with Crippen LogP contribution in [0.15, 0.2) is 30.5 Å². The first-order chi connectivity index (χ1) is 7.26. The van der Waals surface area contributed by atoms with E-state index in [0.717, 1.165) is 10.9 Å². The SMILES string of the molecule is COC(=O)c1ccc2c(ccn2CCl)c1. The monoisotopic (exact) mass is 223 g/mol. The van der Waals surface area contributed by atoms with Crippen LogP contribution in [0.5, 0.6) is 0 Å². The smallest absolute Gasteiger partial charge is 0.337 e. The van der Waals surface area contributed by atoms with Crippen molar-refractivity contribution in [2.75, 3.05) is 7.11 Å². The number of fused-ring (bicyclic) bond motifs is 1. The van der Waals surface area contributed by atoms with Gasteiger partial charge in [0.25, 0.3) is 0 Å². The second-order valence-electron chi connectivity index (χ2n) is 3.17. The second kappa shape index (κ2) is 3.95. The fourth-order valence-corrected chi connectivity index (χ4v) is 1.76. The van der Waals surface area contributed by atoms with Crippen LogP contribution >= 0.6 is 11.6 Å². The van der Waals surface area contributed by atoms with Gasteiger partial charge in [-0.05, 0) is 24.3 Å². The van der Waals surface area contributed by atoms with Crippen molar-refractivity contribution in [2.45, 2.75) is 6.00 Å². The Labute approximate surface area is 92.2 Å². The molecule has 1 aromatic carbocycles. The van der Waals surface area contributed by atoms with Crippen LogP contribution < -0.4 is 0 Å². The van der Waals surface area contributed by atoms with Gasteiger partial charge in [0, 0.05) is 17.1 Å². The predicted molar refractivity (Wildman–Crippen MR) is 59.1 cm³/mol. The molecule has 4 heteroatoms. The molecule has 0 unspecified atom stereocenters. The summed E-state index contributed by atoms with van der Waals surface area (Å²) in [4.78, 5) is 11.3. The Hall–Kier alpha value is -1.48. The van der Waals surface area contributed by atoms with Crippen LogP contribution in [0.1, 0.15) is 10.4 Å². The number of benzene rings is 1. The van der Waals surface area contributed by atoms with E-state index in [-0.39, 0.29) is 5.97 Å². The molecule has 3 nitrogen and oxygen atoms in total. The van der Waals surface area contributed by atoms with E-state index >= 15 is 0 Å². The summed E-state index contributed by atoms with van der Waals surface area (Å²) in [7, 11) is 1.37. The highest BCUT2D eigenvalue weighted by Gasteiger charge is 2.07. The van der Waals surface area contributed by atoms with E-state index < -0.39 is 0 Å². The molecule has 0 saturated carbocycles. The molecule has 0 bridgehead atoms. The second-order valence-corrected chi connectivity index (χ2v) is 3.41. The summed E-state index contributed by atoms with van der Waals surface area (Å²) in [6, 6.07) is 7.72. The van der Waals surface area contributed by atoms with Crippen molar-refractivity contribution in [1.82, 2.24) is 4.57 Å². The fourth-order valence-electron chi connectivity index (χ4n) is 1.55.